The van der Waals surface area contributed by atoms with Gasteiger partial charge in [-0.15, -0.1) is 0 Å². The summed E-state index contributed by atoms with van der Waals surface area (Å²) in [6.45, 7) is 1.02. The van der Waals surface area contributed by atoms with Crippen LogP contribution in [0.5, 0.6) is 0 Å². The van der Waals surface area contributed by atoms with Gasteiger partial charge in [-0.05, 0) is 25.2 Å². The third-order valence-corrected chi connectivity index (χ3v) is 3.37. The highest BCUT2D eigenvalue weighted by Crippen LogP contribution is 2.38. The van der Waals surface area contributed by atoms with Crippen molar-refractivity contribution in [1.29, 1.82) is 0 Å². The zero-order chi connectivity index (χ0) is 9.54. The minimum Gasteiger partial charge on any atom is -0.349 e. The molecule has 0 aromatic carbocycles. The summed E-state index contributed by atoms with van der Waals surface area (Å²) in [4.78, 5) is 20.5. The lowest BCUT2D eigenvalue weighted by Crippen LogP contribution is -2.36. The van der Waals surface area contributed by atoms with Crippen molar-refractivity contribution in [3.8, 4) is 0 Å². The zero-order valence-electron chi connectivity index (χ0n) is 7.94. The molecule has 1 saturated heterocycles. The minimum atomic E-state index is -0.0555. The number of aromatic nitrogens is 2. The molecule has 0 radical (unpaired) electrons. The molecule has 0 amide bonds. The van der Waals surface area contributed by atoms with Gasteiger partial charge in [0.15, 0.2) is 5.82 Å². The first-order valence-electron chi connectivity index (χ1n) is 5.15. The number of anilines is 1. The molecule has 1 N–H and O–H groups in total. The van der Waals surface area contributed by atoms with Gasteiger partial charge in [-0.3, -0.25) is 4.79 Å². The first kappa shape index (κ1) is 8.03. The third kappa shape index (κ3) is 1.06. The van der Waals surface area contributed by atoms with Crippen molar-refractivity contribution in [3.05, 3.63) is 22.7 Å². The van der Waals surface area contributed by atoms with Gasteiger partial charge in [0.2, 0.25) is 0 Å². The quantitative estimate of drug-likeness (QED) is 0.713. The molecule has 1 aliphatic heterocycles. The maximum Gasteiger partial charge on any atom is 0.290 e. The molecule has 2 unspecified atom stereocenters. The normalized spacial score (nSPS) is 29.9. The van der Waals surface area contributed by atoms with Crippen LogP contribution < -0.4 is 10.5 Å². The summed E-state index contributed by atoms with van der Waals surface area (Å²) < 4.78 is 0. The number of fused-ring (bicyclic) bond motifs is 2. The van der Waals surface area contributed by atoms with Gasteiger partial charge in [0.1, 0.15) is 0 Å². The van der Waals surface area contributed by atoms with Crippen LogP contribution in [0, 0.1) is 5.92 Å². The molecule has 2 heterocycles. The Hall–Kier alpha value is -1.32. The molecule has 14 heavy (non-hydrogen) atoms. The molecule has 0 spiro atoms. The predicted octanol–water partition coefficient (Wildman–Crippen LogP) is 0.759. The number of hydrogen-bond acceptors (Lipinski definition) is 3. The number of nitrogens with zero attached hydrogens (tertiary/aromatic N) is 2. The maximum absolute atomic E-state index is 11.5. The van der Waals surface area contributed by atoms with E-state index in [0.717, 1.165) is 12.5 Å². The smallest absolute Gasteiger partial charge is 0.290 e. The first-order chi connectivity index (χ1) is 6.84. The second kappa shape index (κ2) is 2.83. The van der Waals surface area contributed by atoms with Gasteiger partial charge in [-0.1, -0.05) is 0 Å². The van der Waals surface area contributed by atoms with Crippen molar-refractivity contribution in [2.24, 2.45) is 5.92 Å². The van der Waals surface area contributed by atoms with E-state index in [9.17, 15) is 4.79 Å². The van der Waals surface area contributed by atoms with Crippen LogP contribution in [0.15, 0.2) is 17.2 Å². The Kier molecular flexibility index (Phi) is 1.63. The Morgan fingerprint density at radius 1 is 1.50 bits per heavy atom. The standard InChI is InChI=1S/C10H13N3O/c14-10-9(11-3-4-12-10)13-6-7-1-2-8(13)5-7/h3-4,7-8H,1-2,5-6H2,(H,12,14). The molecular weight excluding hydrogens is 178 g/mol. The van der Waals surface area contributed by atoms with Crippen molar-refractivity contribution in [2.45, 2.75) is 25.3 Å². The summed E-state index contributed by atoms with van der Waals surface area (Å²) in [6, 6.07) is 0.566. The van der Waals surface area contributed by atoms with Crippen LogP contribution in [0.1, 0.15) is 19.3 Å². The molecule has 2 fully saturated rings. The Labute approximate surface area is 82.0 Å². The molecule has 3 rings (SSSR count). The van der Waals surface area contributed by atoms with Crippen molar-refractivity contribution in [2.75, 3.05) is 11.4 Å². The van der Waals surface area contributed by atoms with Gasteiger partial charge < -0.3 is 9.88 Å². The highest BCUT2D eigenvalue weighted by atomic mass is 16.1. The minimum absolute atomic E-state index is 0.0555. The number of aromatic amines is 1. The lowest BCUT2D eigenvalue weighted by molar-refractivity contribution is 0.549. The van der Waals surface area contributed by atoms with E-state index in [1.54, 1.807) is 12.4 Å². The first-order valence-corrected chi connectivity index (χ1v) is 5.15. The molecule has 1 aromatic heterocycles. The summed E-state index contributed by atoms with van der Waals surface area (Å²) in [5.41, 5.74) is -0.0555. The summed E-state index contributed by atoms with van der Waals surface area (Å²) in [7, 11) is 0. The Bertz CT molecular complexity index is 400. The van der Waals surface area contributed by atoms with Crippen LogP contribution in [-0.2, 0) is 0 Å². The Morgan fingerprint density at radius 3 is 3.07 bits per heavy atom. The predicted molar refractivity (Wildman–Crippen MR) is 53.3 cm³/mol. The average Bonchev–Trinajstić information content (AvgIpc) is 2.79. The van der Waals surface area contributed by atoms with E-state index in [2.05, 4.69) is 14.9 Å². The van der Waals surface area contributed by atoms with E-state index >= 15 is 0 Å². The molecule has 74 valence electrons. The molecule has 2 bridgehead atoms. The SMILES string of the molecule is O=c1[nH]ccnc1N1CC2CCC1C2. The van der Waals surface area contributed by atoms with Crippen LogP contribution in [0.25, 0.3) is 0 Å². The summed E-state index contributed by atoms with van der Waals surface area (Å²) in [5.74, 6) is 1.40. The zero-order valence-corrected chi connectivity index (χ0v) is 7.94. The molecule has 1 aliphatic carbocycles. The lowest BCUT2D eigenvalue weighted by Gasteiger charge is -2.26. The van der Waals surface area contributed by atoms with E-state index in [0.29, 0.717) is 11.9 Å². The lowest BCUT2D eigenvalue weighted by atomic mass is 10.1. The summed E-state index contributed by atoms with van der Waals surface area (Å²) >= 11 is 0. The van der Waals surface area contributed by atoms with Gasteiger partial charge in [0, 0.05) is 25.0 Å². The number of piperidine rings is 1. The van der Waals surface area contributed by atoms with Crippen molar-refractivity contribution >= 4 is 5.82 Å². The maximum atomic E-state index is 11.5. The van der Waals surface area contributed by atoms with Gasteiger partial charge in [0.25, 0.3) is 5.56 Å². The highest BCUT2D eigenvalue weighted by Gasteiger charge is 2.39. The largest absolute Gasteiger partial charge is 0.349 e. The monoisotopic (exact) mass is 191 g/mol. The molecule has 2 aliphatic rings. The van der Waals surface area contributed by atoms with Crippen LogP contribution in [-0.4, -0.2) is 22.6 Å². The van der Waals surface area contributed by atoms with Crippen LogP contribution >= 0.6 is 0 Å². The highest BCUT2D eigenvalue weighted by molar-refractivity contribution is 5.39. The van der Waals surface area contributed by atoms with Crippen molar-refractivity contribution in [1.82, 2.24) is 9.97 Å². The summed E-state index contributed by atoms with van der Waals surface area (Å²) in [6.07, 6.45) is 7.03. The Morgan fingerprint density at radius 2 is 2.43 bits per heavy atom. The van der Waals surface area contributed by atoms with E-state index < -0.39 is 0 Å². The van der Waals surface area contributed by atoms with E-state index in [1.165, 1.54) is 19.3 Å². The van der Waals surface area contributed by atoms with E-state index in [-0.39, 0.29) is 5.56 Å². The number of nitrogens with one attached hydrogen (secondary N) is 1. The van der Waals surface area contributed by atoms with Gasteiger partial charge >= 0.3 is 0 Å². The second-order valence-corrected chi connectivity index (χ2v) is 4.23. The topological polar surface area (TPSA) is 49.0 Å². The number of rotatable bonds is 1. The van der Waals surface area contributed by atoms with Crippen LogP contribution in [0.2, 0.25) is 0 Å². The van der Waals surface area contributed by atoms with Gasteiger partial charge in [-0.2, -0.15) is 0 Å². The molecular formula is C10H13N3O. The molecule has 4 nitrogen and oxygen atoms in total. The van der Waals surface area contributed by atoms with Crippen LogP contribution in [0.3, 0.4) is 0 Å². The van der Waals surface area contributed by atoms with Gasteiger partial charge in [0.05, 0.1) is 0 Å². The van der Waals surface area contributed by atoms with Crippen molar-refractivity contribution < 1.29 is 0 Å². The van der Waals surface area contributed by atoms with E-state index in [1.807, 2.05) is 0 Å². The second-order valence-electron chi connectivity index (χ2n) is 4.23. The molecule has 1 aromatic rings. The fourth-order valence-corrected chi connectivity index (χ4v) is 2.73. The Balaban J connectivity index is 1.97. The number of H-pyrrole nitrogens is 1. The van der Waals surface area contributed by atoms with E-state index in [4.69, 9.17) is 0 Å². The molecule has 1 saturated carbocycles. The third-order valence-electron chi connectivity index (χ3n) is 3.37. The fourth-order valence-electron chi connectivity index (χ4n) is 2.73. The van der Waals surface area contributed by atoms with Crippen molar-refractivity contribution in [3.63, 3.8) is 0 Å². The van der Waals surface area contributed by atoms with Crippen LogP contribution in [0.4, 0.5) is 5.82 Å². The molecule has 2 atom stereocenters. The molecule has 4 heteroatoms. The average molecular weight is 191 g/mol. The fraction of sp³-hybridized carbons (Fsp3) is 0.600. The number of hydrogen-bond donors (Lipinski definition) is 1. The summed E-state index contributed by atoms with van der Waals surface area (Å²) in [5, 5.41) is 0. The van der Waals surface area contributed by atoms with Gasteiger partial charge in [-0.25, -0.2) is 4.98 Å².